The van der Waals surface area contributed by atoms with Gasteiger partial charge < -0.3 is 19.5 Å². The quantitative estimate of drug-likeness (QED) is 0.873. The highest BCUT2D eigenvalue weighted by Gasteiger charge is 2.15. The molecule has 1 amide bonds. The van der Waals surface area contributed by atoms with Gasteiger partial charge in [-0.05, 0) is 31.2 Å². The summed E-state index contributed by atoms with van der Waals surface area (Å²) in [6.07, 6.45) is -0.673. The second-order valence-electron chi connectivity index (χ2n) is 4.80. The number of anilines is 1. The Morgan fingerprint density at radius 1 is 1.00 bits per heavy atom. The van der Waals surface area contributed by atoms with Gasteiger partial charge in [0.15, 0.2) is 6.10 Å². The summed E-state index contributed by atoms with van der Waals surface area (Å²) in [6, 6.07) is 12.0. The molecule has 2 aromatic rings. The Balaban J connectivity index is 2.04. The molecule has 0 radical (unpaired) electrons. The Morgan fingerprint density at radius 2 is 1.57 bits per heavy atom. The third-order valence-electron chi connectivity index (χ3n) is 3.11. The monoisotopic (exact) mass is 335 g/mol. The molecule has 0 aliphatic heterocycles. The lowest BCUT2D eigenvalue weighted by molar-refractivity contribution is -0.122. The summed E-state index contributed by atoms with van der Waals surface area (Å²) in [5.41, 5.74) is 0.567. The Morgan fingerprint density at radius 3 is 2.09 bits per heavy atom. The number of carbonyl (C=O) groups excluding carboxylic acids is 1. The number of methoxy groups -OCH3 is 2. The highest BCUT2D eigenvalue weighted by atomic mass is 35.5. The van der Waals surface area contributed by atoms with E-state index >= 15 is 0 Å². The van der Waals surface area contributed by atoms with Crippen molar-refractivity contribution in [2.45, 2.75) is 13.0 Å². The first-order chi connectivity index (χ1) is 11.0. The van der Waals surface area contributed by atoms with Gasteiger partial charge in [0.25, 0.3) is 5.91 Å². The zero-order valence-electron chi connectivity index (χ0n) is 13.1. The van der Waals surface area contributed by atoms with E-state index in [1.54, 1.807) is 63.6 Å². The van der Waals surface area contributed by atoms with Gasteiger partial charge in [0.2, 0.25) is 0 Å². The van der Waals surface area contributed by atoms with Gasteiger partial charge in [-0.3, -0.25) is 4.79 Å². The molecule has 6 heteroatoms. The zero-order chi connectivity index (χ0) is 16.8. The molecule has 0 bridgehead atoms. The summed E-state index contributed by atoms with van der Waals surface area (Å²) in [7, 11) is 3.10. The van der Waals surface area contributed by atoms with Crippen molar-refractivity contribution in [3.8, 4) is 17.2 Å². The van der Waals surface area contributed by atoms with Crippen LogP contribution in [0, 0.1) is 0 Å². The molecule has 2 rings (SSSR count). The lowest BCUT2D eigenvalue weighted by Gasteiger charge is -2.15. The van der Waals surface area contributed by atoms with Gasteiger partial charge in [0, 0.05) is 28.9 Å². The SMILES string of the molecule is COc1cc(NC(=O)[C@@H](C)Oc2ccc(Cl)cc2)cc(OC)c1. The standard InChI is InChI=1S/C17H18ClNO4/c1-11(23-14-6-4-12(18)5-7-14)17(20)19-13-8-15(21-2)10-16(9-13)22-3/h4-11H,1-3H3,(H,19,20)/t11-/m1/s1. The lowest BCUT2D eigenvalue weighted by Crippen LogP contribution is -2.30. The third-order valence-corrected chi connectivity index (χ3v) is 3.37. The summed E-state index contributed by atoms with van der Waals surface area (Å²) in [6.45, 7) is 1.67. The Hall–Kier alpha value is -2.40. The van der Waals surface area contributed by atoms with Crippen molar-refractivity contribution in [1.29, 1.82) is 0 Å². The van der Waals surface area contributed by atoms with Crippen molar-refractivity contribution in [2.75, 3.05) is 19.5 Å². The molecule has 1 N–H and O–H groups in total. The average Bonchev–Trinajstić information content (AvgIpc) is 2.56. The van der Waals surface area contributed by atoms with Gasteiger partial charge in [-0.1, -0.05) is 11.6 Å². The fourth-order valence-corrected chi connectivity index (χ4v) is 2.02. The summed E-state index contributed by atoms with van der Waals surface area (Å²) in [4.78, 5) is 12.2. The fraction of sp³-hybridized carbons (Fsp3) is 0.235. The van der Waals surface area contributed by atoms with Crippen molar-refractivity contribution >= 4 is 23.2 Å². The molecule has 122 valence electrons. The van der Waals surface area contributed by atoms with Crippen molar-refractivity contribution in [3.05, 3.63) is 47.5 Å². The molecule has 0 aliphatic rings. The highest BCUT2D eigenvalue weighted by molar-refractivity contribution is 6.30. The topological polar surface area (TPSA) is 56.8 Å². The van der Waals surface area contributed by atoms with Crippen LogP contribution in [0.15, 0.2) is 42.5 Å². The molecule has 0 unspecified atom stereocenters. The second kappa shape index (κ2) is 7.74. The van der Waals surface area contributed by atoms with Crippen LogP contribution in [0.2, 0.25) is 5.02 Å². The normalized spacial score (nSPS) is 11.5. The van der Waals surface area contributed by atoms with E-state index in [0.29, 0.717) is 28.0 Å². The lowest BCUT2D eigenvalue weighted by atomic mass is 10.2. The fourth-order valence-electron chi connectivity index (χ4n) is 1.89. The second-order valence-corrected chi connectivity index (χ2v) is 5.24. The number of amides is 1. The van der Waals surface area contributed by atoms with E-state index in [1.165, 1.54) is 0 Å². The smallest absolute Gasteiger partial charge is 0.265 e. The van der Waals surface area contributed by atoms with E-state index in [1.807, 2.05) is 0 Å². The van der Waals surface area contributed by atoms with Gasteiger partial charge in [-0.2, -0.15) is 0 Å². The minimum Gasteiger partial charge on any atom is -0.497 e. The van der Waals surface area contributed by atoms with E-state index in [-0.39, 0.29) is 5.91 Å². The molecule has 0 heterocycles. The van der Waals surface area contributed by atoms with Gasteiger partial charge in [-0.25, -0.2) is 0 Å². The summed E-state index contributed by atoms with van der Waals surface area (Å²) in [5.74, 6) is 1.47. The molecular weight excluding hydrogens is 318 g/mol. The number of nitrogens with one attached hydrogen (secondary N) is 1. The van der Waals surface area contributed by atoms with Crippen LogP contribution >= 0.6 is 11.6 Å². The van der Waals surface area contributed by atoms with Crippen LogP contribution in [-0.4, -0.2) is 26.2 Å². The van der Waals surface area contributed by atoms with Crippen molar-refractivity contribution < 1.29 is 19.0 Å². The van der Waals surface area contributed by atoms with Gasteiger partial charge in [-0.15, -0.1) is 0 Å². The van der Waals surface area contributed by atoms with Crippen LogP contribution in [0.5, 0.6) is 17.2 Å². The van der Waals surface area contributed by atoms with Crippen LogP contribution < -0.4 is 19.5 Å². The molecule has 0 aromatic heterocycles. The van der Waals surface area contributed by atoms with Gasteiger partial charge in [0.1, 0.15) is 17.2 Å². The van der Waals surface area contributed by atoms with E-state index < -0.39 is 6.10 Å². The Labute approximate surface area is 140 Å². The highest BCUT2D eigenvalue weighted by Crippen LogP contribution is 2.26. The van der Waals surface area contributed by atoms with Crippen LogP contribution in [0.25, 0.3) is 0 Å². The first-order valence-corrected chi connectivity index (χ1v) is 7.36. The van der Waals surface area contributed by atoms with Crippen LogP contribution in [0.3, 0.4) is 0 Å². The Bertz CT molecular complexity index is 651. The number of benzene rings is 2. The first-order valence-electron chi connectivity index (χ1n) is 6.98. The third kappa shape index (κ3) is 4.79. The van der Waals surface area contributed by atoms with Crippen LogP contribution in [0.1, 0.15) is 6.92 Å². The number of rotatable bonds is 6. The maximum Gasteiger partial charge on any atom is 0.265 e. The average molecular weight is 336 g/mol. The van der Waals surface area contributed by atoms with E-state index in [0.717, 1.165) is 0 Å². The van der Waals surface area contributed by atoms with Gasteiger partial charge in [0.05, 0.1) is 14.2 Å². The maximum absolute atomic E-state index is 12.2. The Kier molecular flexibility index (Phi) is 5.71. The molecule has 2 aromatic carbocycles. The predicted molar refractivity (Wildman–Crippen MR) is 89.7 cm³/mol. The molecule has 23 heavy (non-hydrogen) atoms. The molecule has 1 atom stereocenters. The number of halogens is 1. The largest absolute Gasteiger partial charge is 0.497 e. The summed E-state index contributed by atoms with van der Waals surface area (Å²) < 4.78 is 15.9. The number of carbonyl (C=O) groups is 1. The van der Waals surface area contributed by atoms with E-state index in [4.69, 9.17) is 25.8 Å². The minimum absolute atomic E-state index is 0.282. The summed E-state index contributed by atoms with van der Waals surface area (Å²) >= 11 is 5.82. The van der Waals surface area contributed by atoms with E-state index in [9.17, 15) is 4.79 Å². The maximum atomic E-state index is 12.2. The van der Waals surface area contributed by atoms with Gasteiger partial charge >= 0.3 is 0 Å². The van der Waals surface area contributed by atoms with Crippen LogP contribution in [0.4, 0.5) is 5.69 Å². The summed E-state index contributed by atoms with van der Waals surface area (Å²) in [5, 5.41) is 3.38. The van der Waals surface area contributed by atoms with Crippen LogP contribution in [-0.2, 0) is 4.79 Å². The zero-order valence-corrected chi connectivity index (χ0v) is 13.9. The van der Waals surface area contributed by atoms with Crippen molar-refractivity contribution in [2.24, 2.45) is 0 Å². The molecule has 0 saturated heterocycles. The van der Waals surface area contributed by atoms with Crippen molar-refractivity contribution in [3.63, 3.8) is 0 Å². The number of hydrogen-bond donors (Lipinski definition) is 1. The molecule has 0 spiro atoms. The molecule has 5 nitrogen and oxygen atoms in total. The van der Waals surface area contributed by atoms with E-state index in [2.05, 4.69) is 5.32 Å². The van der Waals surface area contributed by atoms with Crippen molar-refractivity contribution in [1.82, 2.24) is 0 Å². The molecule has 0 aliphatic carbocycles. The first kappa shape index (κ1) is 17.0. The number of hydrogen-bond acceptors (Lipinski definition) is 4. The molecular formula is C17H18ClNO4. The number of ether oxygens (including phenoxy) is 3. The predicted octanol–water partition coefficient (Wildman–Crippen LogP) is 3.76. The molecule has 0 fully saturated rings. The minimum atomic E-state index is -0.673. The molecule has 0 saturated carbocycles.